The minimum atomic E-state index is -1.28. The lowest BCUT2D eigenvalue weighted by molar-refractivity contribution is -0.00686. The number of esters is 1. The van der Waals surface area contributed by atoms with Crippen LogP contribution in [0.15, 0.2) is 12.1 Å². The Bertz CT molecular complexity index is 516. The van der Waals surface area contributed by atoms with E-state index in [0.717, 1.165) is 0 Å². The molecule has 0 aliphatic carbocycles. The first-order chi connectivity index (χ1) is 7.82. The zero-order valence-corrected chi connectivity index (χ0v) is 9.48. The zero-order chi connectivity index (χ0) is 12.8. The molecule has 1 heterocycles. The first-order valence-corrected chi connectivity index (χ1v) is 5.13. The molecule has 0 aromatic heterocycles. The number of phenols is 1. The fourth-order valence-electron chi connectivity index (χ4n) is 1.98. The molecule has 0 atom stereocenters. The Morgan fingerprint density at radius 1 is 1.41 bits per heavy atom. The molecule has 17 heavy (non-hydrogen) atoms. The average molecular weight is 236 g/mol. The number of aromatic carboxylic acids is 1. The molecule has 0 bridgehead atoms. The number of cyclic esters (lactones) is 1. The van der Waals surface area contributed by atoms with Gasteiger partial charge >= 0.3 is 11.9 Å². The number of carboxylic acids is 1. The van der Waals surface area contributed by atoms with E-state index >= 15 is 0 Å². The molecule has 2 rings (SSSR count). The van der Waals surface area contributed by atoms with Gasteiger partial charge in [-0.3, -0.25) is 0 Å². The van der Waals surface area contributed by atoms with Gasteiger partial charge in [-0.15, -0.1) is 0 Å². The lowest BCUT2D eigenvalue weighted by Crippen LogP contribution is -2.36. The largest absolute Gasteiger partial charge is 0.506 e. The third-order valence-corrected chi connectivity index (χ3v) is 2.68. The number of aromatic hydroxyl groups is 1. The van der Waals surface area contributed by atoms with Gasteiger partial charge in [-0.2, -0.15) is 0 Å². The summed E-state index contributed by atoms with van der Waals surface area (Å²) in [6.07, 6.45) is 0.446. The summed E-state index contributed by atoms with van der Waals surface area (Å²) < 4.78 is 5.12. The fraction of sp³-hybridized carbons (Fsp3) is 0.333. The van der Waals surface area contributed by atoms with Crippen molar-refractivity contribution in [2.24, 2.45) is 0 Å². The molecule has 0 unspecified atom stereocenters. The van der Waals surface area contributed by atoms with E-state index < -0.39 is 23.3 Å². The maximum absolute atomic E-state index is 11.7. The smallest absolute Gasteiger partial charge is 0.342 e. The maximum atomic E-state index is 11.7. The fourth-order valence-corrected chi connectivity index (χ4v) is 1.98. The van der Waals surface area contributed by atoms with E-state index in [-0.39, 0.29) is 11.1 Å². The SMILES string of the molecule is CC1(C)Cc2ccc(C(=O)O)c(O)c2C(=O)O1. The Balaban J connectivity index is 2.61. The number of fused-ring (bicyclic) bond motifs is 1. The van der Waals surface area contributed by atoms with Crippen molar-refractivity contribution in [1.82, 2.24) is 0 Å². The maximum Gasteiger partial charge on any atom is 0.342 e. The van der Waals surface area contributed by atoms with Crippen LogP contribution in [0.3, 0.4) is 0 Å². The van der Waals surface area contributed by atoms with Gasteiger partial charge < -0.3 is 14.9 Å². The van der Waals surface area contributed by atoms with E-state index in [4.69, 9.17) is 9.84 Å². The molecule has 90 valence electrons. The van der Waals surface area contributed by atoms with Gasteiger partial charge in [0, 0.05) is 6.42 Å². The van der Waals surface area contributed by atoms with Gasteiger partial charge in [-0.25, -0.2) is 9.59 Å². The topological polar surface area (TPSA) is 83.8 Å². The molecule has 0 saturated heterocycles. The van der Waals surface area contributed by atoms with Crippen LogP contribution < -0.4 is 0 Å². The predicted octanol–water partition coefficient (Wildman–Crippen LogP) is 1.58. The van der Waals surface area contributed by atoms with E-state index in [0.29, 0.717) is 12.0 Å². The third-order valence-electron chi connectivity index (χ3n) is 2.68. The van der Waals surface area contributed by atoms with Crippen molar-refractivity contribution < 1.29 is 24.5 Å². The van der Waals surface area contributed by atoms with E-state index in [2.05, 4.69) is 0 Å². The van der Waals surface area contributed by atoms with Gasteiger partial charge in [-0.1, -0.05) is 6.07 Å². The molecule has 0 amide bonds. The second-order valence-corrected chi connectivity index (χ2v) is 4.63. The predicted molar refractivity (Wildman–Crippen MR) is 58.3 cm³/mol. The van der Waals surface area contributed by atoms with E-state index in [1.54, 1.807) is 19.9 Å². The third kappa shape index (κ3) is 1.84. The second kappa shape index (κ2) is 3.48. The highest BCUT2D eigenvalue weighted by molar-refractivity contribution is 6.01. The molecule has 1 aliphatic rings. The molecule has 0 fully saturated rings. The second-order valence-electron chi connectivity index (χ2n) is 4.63. The van der Waals surface area contributed by atoms with Crippen LogP contribution in [0.5, 0.6) is 5.75 Å². The van der Waals surface area contributed by atoms with Crippen LogP contribution in [0, 0.1) is 0 Å². The molecular weight excluding hydrogens is 224 g/mol. The molecule has 5 heteroatoms. The number of carboxylic acid groups (broad SMARTS) is 1. The number of hydrogen-bond acceptors (Lipinski definition) is 4. The van der Waals surface area contributed by atoms with Crippen LogP contribution in [0.2, 0.25) is 0 Å². The molecule has 1 aromatic rings. The molecule has 2 N–H and O–H groups in total. The lowest BCUT2D eigenvalue weighted by Gasteiger charge is -2.31. The van der Waals surface area contributed by atoms with Crippen LogP contribution >= 0.6 is 0 Å². The van der Waals surface area contributed by atoms with Gasteiger partial charge in [0.15, 0.2) is 0 Å². The zero-order valence-electron chi connectivity index (χ0n) is 9.48. The molecule has 5 nitrogen and oxygen atoms in total. The summed E-state index contributed by atoms with van der Waals surface area (Å²) in [4.78, 5) is 22.6. The molecule has 0 radical (unpaired) electrons. The highest BCUT2D eigenvalue weighted by atomic mass is 16.6. The first kappa shape index (κ1) is 11.4. The highest BCUT2D eigenvalue weighted by Crippen LogP contribution is 2.34. The van der Waals surface area contributed by atoms with Gasteiger partial charge in [-0.05, 0) is 25.5 Å². The average Bonchev–Trinajstić information content (AvgIpc) is 2.13. The van der Waals surface area contributed by atoms with Gasteiger partial charge in [0.25, 0.3) is 0 Å². The highest BCUT2D eigenvalue weighted by Gasteiger charge is 2.35. The van der Waals surface area contributed by atoms with Crippen molar-refractivity contribution in [3.63, 3.8) is 0 Å². The quantitative estimate of drug-likeness (QED) is 0.723. The Kier molecular flexibility index (Phi) is 2.34. The molecule has 1 aromatic carbocycles. The lowest BCUT2D eigenvalue weighted by atomic mass is 9.89. The number of rotatable bonds is 1. The first-order valence-electron chi connectivity index (χ1n) is 5.13. The van der Waals surface area contributed by atoms with Crippen molar-refractivity contribution in [2.45, 2.75) is 25.9 Å². The number of carbonyl (C=O) groups excluding carboxylic acids is 1. The summed E-state index contributed by atoms with van der Waals surface area (Å²) in [6, 6.07) is 2.84. The van der Waals surface area contributed by atoms with E-state index in [1.165, 1.54) is 6.07 Å². The standard InChI is InChI=1S/C12H12O5/c1-12(2)5-6-3-4-7(10(14)15)9(13)8(6)11(16)17-12/h3-4,13H,5H2,1-2H3,(H,14,15). The Labute approximate surface area is 97.6 Å². The number of benzene rings is 1. The number of hydrogen-bond donors (Lipinski definition) is 2. The molecule has 1 aliphatic heterocycles. The number of carbonyl (C=O) groups is 2. The molecule has 0 spiro atoms. The van der Waals surface area contributed by atoms with Crippen LogP contribution in [0.4, 0.5) is 0 Å². The van der Waals surface area contributed by atoms with Crippen LogP contribution in [0.1, 0.15) is 40.1 Å². The summed E-state index contributed by atoms with van der Waals surface area (Å²) in [5.74, 6) is -2.48. The van der Waals surface area contributed by atoms with Gasteiger partial charge in [0.2, 0.25) is 0 Å². The van der Waals surface area contributed by atoms with Gasteiger partial charge in [0.05, 0.1) is 0 Å². The van der Waals surface area contributed by atoms with E-state index in [9.17, 15) is 14.7 Å². The Morgan fingerprint density at radius 2 is 2.06 bits per heavy atom. The van der Waals surface area contributed by atoms with Crippen molar-refractivity contribution >= 4 is 11.9 Å². The van der Waals surface area contributed by atoms with Crippen LogP contribution in [0.25, 0.3) is 0 Å². The summed E-state index contributed by atoms with van der Waals surface area (Å²) in [7, 11) is 0. The summed E-state index contributed by atoms with van der Waals surface area (Å²) >= 11 is 0. The van der Waals surface area contributed by atoms with Crippen molar-refractivity contribution in [1.29, 1.82) is 0 Å². The summed E-state index contributed by atoms with van der Waals surface area (Å²) in [6.45, 7) is 3.52. The summed E-state index contributed by atoms with van der Waals surface area (Å²) in [5.41, 5.74) is -0.361. The Morgan fingerprint density at radius 3 is 2.65 bits per heavy atom. The van der Waals surface area contributed by atoms with E-state index in [1.807, 2.05) is 0 Å². The number of ether oxygens (including phenoxy) is 1. The Hall–Kier alpha value is -2.04. The van der Waals surface area contributed by atoms with Crippen LogP contribution in [-0.4, -0.2) is 27.8 Å². The normalized spacial score (nSPS) is 17.2. The minimum absolute atomic E-state index is 0.0378. The van der Waals surface area contributed by atoms with Crippen molar-refractivity contribution in [3.8, 4) is 5.75 Å². The molecular formula is C12H12O5. The minimum Gasteiger partial charge on any atom is -0.506 e. The monoisotopic (exact) mass is 236 g/mol. The van der Waals surface area contributed by atoms with Crippen LogP contribution in [-0.2, 0) is 11.2 Å². The van der Waals surface area contributed by atoms with Crippen molar-refractivity contribution in [2.75, 3.05) is 0 Å². The van der Waals surface area contributed by atoms with Gasteiger partial charge in [0.1, 0.15) is 22.5 Å². The molecule has 0 saturated carbocycles. The van der Waals surface area contributed by atoms with Crippen molar-refractivity contribution in [3.05, 3.63) is 28.8 Å². The summed E-state index contributed by atoms with van der Waals surface area (Å²) in [5, 5.41) is 18.6.